The minimum absolute atomic E-state index is 0.0476. The zero-order valence-electron chi connectivity index (χ0n) is 12.4. The Bertz CT molecular complexity index is 659. The molecule has 2 unspecified atom stereocenters. The molecule has 3 saturated heterocycles. The Kier molecular flexibility index (Phi) is 3.71. The summed E-state index contributed by atoms with van der Waals surface area (Å²) in [5, 5.41) is 12.1. The van der Waals surface area contributed by atoms with Crippen LogP contribution in [0.4, 0.5) is 0 Å². The Balaban J connectivity index is 1.48. The second-order valence-corrected chi connectivity index (χ2v) is 7.94. The van der Waals surface area contributed by atoms with Crippen LogP contribution in [0.1, 0.15) is 29.4 Å². The molecular weight excluding hydrogens is 316 g/mol. The van der Waals surface area contributed by atoms with Crippen molar-refractivity contribution in [1.82, 2.24) is 20.4 Å². The average molecular weight is 334 g/mol. The fourth-order valence-electron chi connectivity index (χ4n) is 3.62. The second kappa shape index (κ2) is 5.72. The van der Waals surface area contributed by atoms with Crippen LogP contribution in [0.2, 0.25) is 0 Å². The van der Waals surface area contributed by atoms with E-state index in [1.54, 1.807) is 5.51 Å². The quantitative estimate of drug-likeness (QED) is 0.937. The number of aromatic nitrogens is 2. The lowest BCUT2D eigenvalue weighted by Gasteiger charge is -2.49. The topological polar surface area (TPSA) is 58.1 Å². The Morgan fingerprint density at radius 2 is 2.18 bits per heavy atom. The number of hydrogen-bond donors (Lipinski definition) is 1. The maximum Gasteiger partial charge on any atom is 0.261 e. The van der Waals surface area contributed by atoms with Gasteiger partial charge in [-0.05, 0) is 50.9 Å². The first-order valence-electron chi connectivity index (χ1n) is 7.63. The third-order valence-electron chi connectivity index (χ3n) is 4.88. The number of thiophene rings is 1. The van der Waals surface area contributed by atoms with E-state index in [-0.39, 0.29) is 11.9 Å². The van der Waals surface area contributed by atoms with Crippen molar-refractivity contribution in [3.63, 3.8) is 0 Å². The molecule has 5 rings (SSSR count). The Morgan fingerprint density at radius 1 is 1.36 bits per heavy atom. The largest absolute Gasteiger partial charge is 0.347 e. The number of rotatable bonds is 3. The lowest BCUT2D eigenvalue weighted by atomic mass is 9.79. The minimum Gasteiger partial charge on any atom is -0.347 e. The van der Waals surface area contributed by atoms with Gasteiger partial charge in [0.25, 0.3) is 5.91 Å². The lowest BCUT2D eigenvalue weighted by molar-refractivity contribution is 0.0218. The highest BCUT2D eigenvalue weighted by molar-refractivity contribution is 7.22. The van der Waals surface area contributed by atoms with Crippen molar-refractivity contribution in [3.05, 3.63) is 22.5 Å². The summed E-state index contributed by atoms with van der Waals surface area (Å²) < 4.78 is 0. The Hall–Kier alpha value is -1.31. The SMILES string of the molecule is CC1C(NC(=O)c2ccc(-c3nncs3)s2)C2CCN1CC2. The summed E-state index contributed by atoms with van der Waals surface area (Å²) in [6.45, 7) is 4.59. The first-order chi connectivity index (χ1) is 10.7. The predicted molar refractivity (Wildman–Crippen MR) is 88.2 cm³/mol. The number of fused-ring (bicyclic) bond motifs is 3. The highest BCUT2D eigenvalue weighted by Gasteiger charge is 2.40. The molecular formula is C15H18N4OS2. The Morgan fingerprint density at radius 3 is 2.86 bits per heavy atom. The molecule has 1 N–H and O–H groups in total. The van der Waals surface area contributed by atoms with Crippen LogP contribution in [0, 0.1) is 5.92 Å². The number of nitrogens with one attached hydrogen (secondary N) is 1. The molecule has 3 aliphatic rings. The van der Waals surface area contributed by atoms with Crippen molar-refractivity contribution >= 4 is 28.6 Å². The number of amides is 1. The van der Waals surface area contributed by atoms with E-state index in [0.717, 1.165) is 14.8 Å². The monoisotopic (exact) mass is 334 g/mol. The maximum atomic E-state index is 12.6. The second-order valence-electron chi connectivity index (χ2n) is 6.02. The van der Waals surface area contributed by atoms with Crippen LogP contribution < -0.4 is 5.32 Å². The van der Waals surface area contributed by atoms with Crippen LogP contribution in [0.25, 0.3) is 9.88 Å². The summed E-state index contributed by atoms with van der Waals surface area (Å²) in [6, 6.07) is 4.57. The smallest absolute Gasteiger partial charge is 0.261 e. The van der Waals surface area contributed by atoms with E-state index in [1.807, 2.05) is 12.1 Å². The first-order valence-corrected chi connectivity index (χ1v) is 9.33. The minimum atomic E-state index is 0.0476. The maximum absolute atomic E-state index is 12.6. The average Bonchev–Trinajstić information content (AvgIpc) is 3.21. The summed E-state index contributed by atoms with van der Waals surface area (Å²) in [6.07, 6.45) is 2.41. The summed E-state index contributed by atoms with van der Waals surface area (Å²) in [4.78, 5) is 16.8. The van der Waals surface area contributed by atoms with Gasteiger partial charge in [0, 0.05) is 12.1 Å². The predicted octanol–water partition coefficient (Wildman–Crippen LogP) is 2.48. The molecule has 5 heterocycles. The standard InChI is InChI=1S/C15H18N4OS2/c1-9-13(10-4-6-19(9)7-5-10)17-14(20)11-2-3-12(22-11)15-18-16-8-21-15/h2-3,8-10,13H,4-7H2,1H3,(H,17,20). The Labute approximate surface area is 137 Å². The first kappa shape index (κ1) is 14.3. The van der Waals surface area contributed by atoms with Gasteiger partial charge in [-0.3, -0.25) is 9.69 Å². The third-order valence-corrected chi connectivity index (χ3v) is 6.82. The van der Waals surface area contributed by atoms with Gasteiger partial charge in [0.2, 0.25) is 0 Å². The van der Waals surface area contributed by atoms with Gasteiger partial charge in [0.05, 0.1) is 9.75 Å². The van der Waals surface area contributed by atoms with E-state index >= 15 is 0 Å². The highest BCUT2D eigenvalue weighted by atomic mass is 32.1. The third kappa shape index (κ3) is 2.47. The van der Waals surface area contributed by atoms with Gasteiger partial charge < -0.3 is 5.32 Å². The number of hydrogen-bond acceptors (Lipinski definition) is 6. The molecule has 116 valence electrons. The van der Waals surface area contributed by atoms with E-state index in [0.29, 0.717) is 12.0 Å². The van der Waals surface area contributed by atoms with E-state index in [1.165, 1.54) is 48.6 Å². The van der Waals surface area contributed by atoms with E-state index < -0.39 is 0 Å². The van der Waals surface area contributed by atoms with E-state index in [4.69, 9.17) is 0 Å². The van der Waals surface area contributed by atoms with Crippen LogP contribution in [0.5, 0.6) is 0 Å². The fourth-order valence-corrected chi connectivity index (χ4v) is 5.15. The highest BCUT2D eigenvalue weighted by Crippen LogP contribution is 2.33. The molecule has 3 aliphatic heterocycles. The molecule has 5 nitrogen and oxygen atoms in total. The summed E-state index contributed by atoms with van der Waals surface area (Å²) >= 11 is 2.99. The van der Waals surface area contributed by atoms with Gasteiger partial charge in [0.1, 0.15) is 5.51 Å². The molecule has 22 heavy (non-hydrogen) atoms. The molecule has 2 aromatic rings. The number of carbonyl (C=O) groups excluding carboxylic acids is 1. The molecule has 0 saturated carbocycles. The van der Waals surface area contributed by atoms with Crippen molar-refractivity contribution in [3.8, 4) is 9.88 Å². The number of piperidine rings is 3. The molecule has 0 radical (unpaired) electrons. The van der Waals surface area contributed by atoms with Crippen molar-refractivity contribution in [2.45, 2.75) is 31.8 Å². The van der Waals surface area contributed by atoms with Crippen molar-refractivity contribution in [2.75, 3.05) is 13.1 Å². The van der Waals surface area contributed by atoms with Gasteiger partial charge in [-0.15, -0.1) is 21.5 Å². The fraction of sp³-hybridized carbons (Fsp3) is 0.533. The zero-order chi connectivity index (χ0) is 15.1. The van der Waals surface area contributed by atoms with Gasteiger partial charge in [-0.1, -0.05) is 11.3 Å². The summed E-state index contributed by atoms with van der Waals surface area (Å²) in [5.74, 6) is 0.679. The van der Waals surface area contributed by atoms with Gasteiger partial charge in [0.15, 0.2) is 5.01 Å². The van der Waals surface area contributed by atoms with Crippen LogP contribution >= 0.6 is 22.7 Å². The van der Waals surface area contributed by atoms with Crippen molar-refractivity contribution in [1.29, 1.82) is 0 Å². The molecule has 7 heteroatoms. The molecule has 2 aromatic heterocycles. The molecule has 0 spiro atoms. The molecule has 0 aromatic carbocycles. The van der Waals surface area contributed by atoms with Crippen LogP contribution in [0.15, 0.2) is 17.6 Å². The number of nitrogens with zero attached hydrogens (tertiary/aromatic N) is 3. The van der Waals surface area contributed by atoms with E-state index in [2.05, 4.69) is 27.3 Å². The molecule has 0 aliphatic carbocycles. The lowest BCUT2D eigenvalue weighted by Crippen LogP contribution is -2.62. The number of carbonyl (C=O) groups is 1. The normalized spacial score (nSPS) is 30.4. The van der Waals surface area contributed by atoms with Crippen molar-refractivity contribution in [2.24, 2.45) is 5.92 Å². The van der Waals surface area contributed by atoms with Gasteiger partial charge in [-0.2, -0.15) is 0 Å². The van der Waals surface area contributed by atoms with Crippen molar-refractivity contribution < 1.29 is 4.79 Å². The summed E-state index contributed by atoms with van der Waals surface area (Å²) in [5.41, 5.74) is 1.71. The molecule has 3 fully saturated rings. The molecule has 1 amide bonds. The van der Waals surface area contributed by atoms with Gasteiger partial charge >= 0.3 is 0 Å². The van der Waals surface area contributed by atoms with Crippen LogP contribution in [0.3, 0.4) is 0 Å². The van der Waals surface area contributed by atoms with E-state index in [9.17, 15) is 4.79 Å². The summed E-state index contributed by atoms with van der Waals surface area (Å²) in [7, 11) is 0. The molecule has 2 bridgehead atoms. The zero-order valence-corrected chi connectivity index (χ0v) is 14.0. The van der Waals surface area contributed by atoms with Crippen LogP contribution in [-0.2, 0) is 0 Å². The van der Waals surface area contributed by atoms with Gasteiger partial charge in [-0.25, -0.2) is 0 Å². The molecule has 2 atom stereocenters. The van der Waals surface area contributed by atoms with Crippen LogP contribution in [-0.4, -0.2) is 46.2 Å².